The maximum absolute atomic E-state index is 12.0. The van der Waals surface area contributed by atoms with Crippen LogP contribution in [0.1, 0.15) is 38.5 Å². The molecule has 1 aromatic carbocycles. The fourth-order valence-electron chi connectivity index (χ4n) is 3.30. The molecule has 6 heteroatoms. The van der Waals surface area contributed by atoms with E-state index in [9.17, 15) is 4.79 Å². The predicted octanol–water partition coefficient (Wildman–Crippen LogP) is 4.17. The van der Waals surface area contributed by atoms with Crippen LogP contribution in [0.5, 0.6) is 0 Å². The second-order valence-corrected chi connectivity index (χ2v) is 7.79. The Balaban J connectivity index is 1.33. The van der Waals surface area contributed by atoms with E-state index < -0.39 is 0 Å². The van der Waals surface area contributed by atoms with E-state index in [4.69, 9.17) is 16.0 Å². The molecule has 27 heavy (non-hydrogen) atoms. The van der Waals surface area contributed by atoms with Crippen molar-refractivity contribution in [2.24, 2.45) is 5.92 Å². The molecular formula is C21H28ClN3O2. The fourth-order valence-corrected chi connectivity index (χ4v) is 3.42. The number of aryl methyl sites for hydroxylation is 1. The van der Waals surface area contributed by atoms with E-state index in [2.05, 4.69) is 22.1 Å². The number of nitrogens with one attached hydrogen (secondary N) is 1. The summed E-state index contributed by atoms with van der Waals surface area (Å²) in [7, 11) is 0. The van der Waals surface area contributed by atoms with Gasteiger partial charge in [0, 0.05) is 30.0 Å². The van der Waals surface area contributed by atoms with E-state index in [1.165, 1.54) is 25.9 Å². The highest BCUT2D eigenvalue weighted by atomic mass is 35.5. The van der Waals surface area contributed by atoms with Crippen molar-refractivity contribution >= 4 is 17.5 Å². The highest BCUT2D eigenvalue weighted by Gasteiger charge is 2.15. The lowest BCUT2D eigenvalue weighted by atomic mass is 9.99. The first-order valence-electron chi connectivity index (χ1n) is 9.80. The number of carbonyl (C=O) groups excluding carboxylic acids is 1. The number of aromatic nitrogens is 1. The lowest BCUT2D eigenvalue weighted by Crippen LogP contribution is -2.35. The number of amides is 1. The highest BCUT2D eigenvalue weighted by molar-refractivity contribution is 6.30. The Bertz CT molecular complexity index is 721. The minimum Gasteiger partial charge on any atom is -0.441 e. The Morgan fingerprint density at radius 3 is 2.78 bits per heavy atom. The summed E-state index contributed by atoms with van der Waals surface area (Å²) in [5.74, 6) is 2.18. The molecule has 0 unspecified atom stereocenters. The lowest BCUT2D eigenvalue weighted by Gasteiger charge is -2.30. The zero-order valence-electron chi connectivity index (χ0n) is 15.9. The van der Waals surface area contributed by atoms with Crippen LogP contribution in [0, 0.1) is 5.92 Å². The number of benzene rings is 1. The number of halogens is 1. The molecule has 1 saturated heterocycles. The van der Waals surface area contributed by atoms with Crippen LogP contribution < -0.4 is 5.32 Å². The van der Waals surface area contributed by atoms with Gasteiger partial charge in [0.15, 0.2) is 11.7 Å². The van der Waals surface area contributed by atoms with Crippen LogP contribution in [0.25, 0.3) is 11.3 Å². The Hall–Kier alpha value is -1.85. The molecule has 1 aliphatic rings. The second kappa shape index (κ2) is 9.90. The van der Waals surface area contributed by atoms with Crippen molar-refractivity contribution in [3.8, 4) is 11.3 Å². The summed E-state index contributed by atoms with van der Waals surface area (Å²) in [4.78, 5) is 18.8. The minimum atomic E-state index is 0.0495. The zero-order chi connectivity index (χ0) is 19.1. The summed E-state index contributed by atoms with van der Waals surface area (Å²) in [6, 6.07) is 7.42. The van der Waals surface area contributed by atoms with Gasteiger partial charge in [-0.3, -0.25) is 4.79 Å². The molecule has 1 fully saturated rings. The summed E-state index contributed by atoms with van der Waals surface area (Å²) in [5.41, 5.74) is 0.926. The molecule has 1 amide bonds. The van der Waals surface area contributed by atoms with Crippen LogP contribution in [0.4, 0.5) is 0 Å². The van der Waals surface area contributed by atoms with Gasteiger partial charge in [-0.1, -0.05) is 18.5 Å². The van der Waals surface area contributed by atoms with Crippen molar-refractivity contribution in [2.45, 2.75) is 39.0 Å². The number of hydrogen-bond donors (Lipinski definition) is 1. The molecule has 1 aliphatic heterocycles. The van der Waals surface area contributed by atoms with Gasteiger partial charge in [0.25, 0.3) is 0 Å². The summed E-state index contributed by atoms with van der Waals surface area (Å²) in [5, 5.41) is 3.68. The van der Waals surface area contributed by atoms with Crippen molar-refractivity contribution in [3.05, 3.63) is 41.4 Å². The smallest absolute Gasteiger partial charge is 0.220 e. The molecule has 146 valence electrons. The van der Waals surface area contributed by atoms with E-state index in [0.29, 0.717) is 29.5 Å². The van der Waals surface area contributed by atoms with Crippen molar-refractivity contribution < 1.29 is 9.21 Å². The van der Waals surface area contributed by atoms with Crippen LogP contribution in [0.2, 0.25) is 5.02 Å². The topological polar surface area (TPSA) is 58.4 Å². The van der Waals surface area contributed by atoms with Gasteiger partial charge in [0.2, 0.25) is 5.91 Å². The molecular weight excluding hydrogens is 362 g/mol. The molecule has 0 atom stereocenters. The van der Waals surface area contributed by atoms with Crippen molar-refractivity contribution in [3.63, 3.8) is 0 Å². The minimum absolute atomic E-state index is 0.0495. The van der Waals surface area contributed by atoms with Gasteiger partial charge in [-0.2, -0.15) is 0 Å². The Morgan fingerprint density at radius 2 is 2.04 bits per heavy atom. The summed E-state index contributed by atoms with van der Waals surface area (Å²) in [6.07, 6.45) is 6.17. The van der Waals surface area contributed by atoms with Crippen LogP contribution in [0.15, 0.2) is 34.9 Å². The van der Waals surface area contributed by atoms with Gasteiger partial charge in [-0.15, -0.1) is 0 Å². The molecule has 0 spiro atoms. The van der Waals surface area contributed by atoms with Gasteiger partial charge in [-0.05, 0) is 69.1 Å². The van der Waals surface area contributed by atoms with Gasteiger partial charge in [0.05, 0.1) is 6.20 Å². The number of piperidine rings is 1. The standard InChI is InChI=1S/C21H28ClN3O2/c1-16-9-13-25(14-10-16)12-2-11-23-20(26)7-8-21-24-15-19(27-21)17-3-5-18(22)6-4-17/h3-6,15-16H,2,7-14H2,1H3,(H,23,26). The molecule has 0 saturated carbocycles. The van der Waals surface area contributed by atoms with Gasteiger partial charge in [-0.25, -0.2) is 4.98 Å². The maximum Gasteiger partial charge on any atom is 0.220 e. The van der Waals surface area contributed by atoms with E-state index >= 15 is 0 Å². The molecule has 3 rings (SSSR count). The first kappa shape index (κ1) is 19.9. The van der Waals surface area contributed by atoms with Crippen molar-refractivity contribution in [1.29, 1.82) is 0 Å². The summed E-state index contributed by atoms with van der Waals surface area (Å²) in [6.45, 7) is 6.50. The average molecular weight is 390 g/mol. The third-order valence-corrected chi connectivity index (χ3v) is 5.35. The zero-order valence-corrected chi connectivity index (χ0v) is 16.7. The van der Waals surface area contributed by atoms with Gasteiger partial charge >= 0.3 is 0 Å². The van der Waals surface area contributed by atoms with E-state index in [1.807, 2.05) is 24.3 Å². The molecule has 0 aliphatic carbocycles. The molecule has 2 heterocycles. The molecule has 0 bridgehead atoms. The first-order valence-corrected chi connectivity index (χ1v) is 10.2. The average Bonchev–Trinajstić information content (AvgIpc) is 3.14. The Kier molecular flexibility index (Phi) is 7.30. The van der Waals surface area contributed by atoms with Crippen LogP contribution in [-0.4, -0.2) is 42.0 Å². The molecule has 1 aromatic heterocycles. The molecule has 2 aromatic rings. The lowest BCUT2D eigenvalue weighted by molar-refractivity contribution is -0.121. The van der Waals surface area contributed by atoms with Crippen molar-refractivity contribution in [1.82, 2.24) is 15.2 Å². The van der Waals surface area contributed by atoms with E-state index in [0.717, 1.165) is 31.0 Å². The second-order valence-electron chi connectivity index (χ2n) is 7.35. The molecule has 5 nitrogen and oxygen atoms in total. The monoisotopic (exact) mass is 389 g/mol. The largest absolute Gasteiger partial charge is 0.441 e. The predicted molar refractivity (Wildman–Crippen MR) is 108 cm³/mol. The molecule has 1 N–H and O–H groups in total. The van der Waals surface area contributed by atoms with Crippen LogP contribution in [0.3, 0.4) is 0 Å². The number of carbonyl (C=O) groups is 1. The number of likely N-dealkylation sites (tertiary alicyclic amines) is 1. The number of nitrogens with zero attached hydrogens (tertiary/aromatic N) is 2. The molecule has 0 radical (unpaired) electrons. The van der Waals surface area contributed by atoms with Crippen LogP contribution in [-0.2, 0) is 11.2 Å². The normalized spacial score (nSPS) is 15.8. The quantitative estimate of drug-likeness (QED) is 0.688. The van der Waals surface area contributed by atoms with E-state index in [1.54, 1.807) is 6.20 Å². The Labute approximate surface area is 166 Å². The van der Waals surface area contributed by atoms with E-state index in [-0.39, 0.29) is 5.91 Å². The fraction of sp³-hybridized carbons (Fsp3) is 0.524. The van der Waals surface area contributed by atoms with Crippen LogP contribution >= 0.6 is 11.6 Å². The Morgan fingerprint density at radius 1 is 1.30 bits per heavy atom. The summed E-state index contributed by atoms with van der Waals surface area (Å²) >= 11 is 5.90. The number of oxazole rings is 1. The maximum atomic E-state index is 12.0. The SMILES string of the molecule is CC1CCN(CCCNC(=O)CCc2ncc(-c3ccc(Cl)cc3)o2)CC1. The van der Waals surface area contributed by atoms with Gasteiger partial charge < -0.3 is 14.6 Å². The third kappa shape index (κ3) is 6.36. The van der Waals surface area contributed by atoms with Crippen molar-refractivity contribution in [2.75, 3.05) is 26.2 Å². The summed E-state index contributed by atoms with van der Waals surface area (Å²) < 4.78 is 5.73. The number of rotatable bonds is 8. The highest BCUT2D eigenvalue weighted by Crippen LogP contribution is 2.22. The first-order chi connectivity index (χ1) is 13.1. The number of hydrogen-bond acceptors (Lipinski definition) is 4. The van der Waals surface area contributed by atoms with Gasteiger partial charge in [0.1, 0.15) is 0 Å². The third-order valence-electron chi connectivity index (χ3n) is 5.10.